The van der Waals surface area contributed by atoms with Crippen molar-refractivity contribution in [2.24, 2.45) is 5.92 Å². The number of aliphatic hydroxyl groups is 3. The van der Waals surface area contributed by atoms with Crippen molar-refractivity contribution < 1.29 is 20.1 Å². The Hall–Kier alpha value is -0.450. The zero-order chi connectivity index (χ0) is 8.59. The maximum atomic E-state index is 10.9. The lowest BCUT2D eigenvalue weighted by molar-refractivity contribution is -0.148. The maximum absolute atomic E-state index is 10.9. The molecule has 0 amide bonds. The quantitative estimate of drug-likeness (QED) is 0.410. The first kappa shape index (κ1) is 8.64. The monoisotopic (exact) mass is 160 g/mol. The zero-order valence-electron chi connectivity index (χ0n) is 6.27. The number of carbonyl (C=O) groups is 1. The summed E-state index contributed by atoms with van der Waals surface area (Å²) in [4.78, 5) is 10.9. The number of rotatable bonds is 0. The highest BCUT2D eigenvalue weighted by atomic mass is 16.4. The molecule has 1 fully saturated rings. The summed E-state index contributed by atoms with van der Waals surface area (Å²) in [6, 6.07) is 0. The molecule has 11 heavy (non-hydrogen) atoms. The number of aliphatic hydroxyl groups excluding tert-OH is 3. The summed E-state index contributed by atoms with van der Waals surface area (Å²) in [6.07, 6.45) is -3.46. The molecule has 1 rings (SSSR count). The molecule has 0 aromatic heterocycles. The van der Waals surface area contributed by atoms with Gasteiger partial charge in [-0.3, -0.25) is 4.79 Å². The van der Waals surface area contributed by atoms with E-state index in [1.807, 2.05) is 0 Å². The van der Waals surface area contributed by atoms with Crippen LogP contribution in [-0.4, -0.2) is 39.4 Å². The number of hydrogen-bond acceptors (Lipinski definition) is 4. The van der Waals surface area contributed by atoms with Crippen LogP contribution in [0.3, 0.4) is 0 Å². The van der Waals surface area contributed by atoms with Gasteiger partial charge < -0.3 is 15.3 Å². The highest BCUT2D eigenvalue weighted by molar-refractivity contribution is 5.82. The fourth-order valence-electron chi connectivity index (χ4n) is 1.23. The summed E-state index contributed by atoms with van der Waals surface area (Å²) in [5.41, 5.74) is 0. The SMILES string of the molecule is CC1C(=O)CC(O)C(O)C1O. The van der Waals surface area contributed by atoms with Crippen molar-refractivity contribution >= 4 is 5.78 Å². The Morgan fingerprint density at radius 1 is 1.27 bits per heavy atom. The van der Waals surface area contributed by atoms with E-state index in [1.165, 1.54) is 0 Å². The van der Waals surface area contributed by atoms with Gasteiger partial charge in [0.1, 0.15) is 11.9 Å². The van der Waals surface area contributed by atoms with E-state index in [2.05, 4.69) is 0 Å². The summed E-state index contributed by atoms with van der Waals surface area (Å²) in [5, 5.41) is 27.2. The molecule has 0 heterocycles. The average molecular weight is 160 g/mol. The van der Waals surface area contributed by atoms with Crippen LogP contribution >= 0.6 is 0 Å². The topological polar surface area (TPSA) is 77.8 Å². The first-order chi connectivity index (χ1) is 5.04. The molecule has 4 nitrogen and oxygen atoms in total. The van der Waals surface area contributed by atoms with Crippen LogP contribution in [0.15, 0.2) is 0 Å². The van der Waals surface area contributed by atoms with Gasteiger partial charge in [0.25, 0.3) is 0 Å². The van der Waals surface area contributed by atoms with Gasteiger partial charge in [0.05, 0.1) is 12.2 Å². The van der Waals surface area contributed by atoms with Gasteiger partial charge in [0.15, 0.2) is 0 Å². The second-order valence-electron chi connectivity index (χ2n) is 3.01. The highest BCUT2D eigenvalue weighted by Gasteiger charge is 2.39. The minimum absolute atomic E-state index is 0.0562. The molecule has 1 saturated carbocycles. The van der Waals surface area contributed by atoms with Gasteiger partial charge in [-0.2, -0.15) is 0 Å². The normalized spacial score (nSPS) is 46.0. The highest BCUT2D eigenvalue weighted by Crippen LogP contribution is 2.21. The third-order valence-corrected chi connectivity index (χ3v) is 2.17. The van der Waals surface area contributed by atoms with Gasteiger partial charge >= 0.3 is 0 Å². The number of Topliss-reactive ketones (excluding diaryl/α,β-unsaturated/α-hetero) is 1. The van der Waals surface area contributed by atoms with Gasteiger partial charge in [-0.25, -0.2) is 0 Å². The molecular weight excluding hydrogens is 148 g/mol. The van der Waals surface area contributed by atoms with Crippen LogP contribution in [-0.2, 0) is 4.79 Å². The van der Waals surface area contributed by atoms with Crippen molar-refractivity contribution in [1.29, 1.82) is 0 Å². The Morgan fingerprint density at radius 3 is 2.36 bits per heavy atom. The zero-order valence-corrected chi connectivity index (χ0v) is 6.27. The van der Waals surface area contributed by atoms with Crippen LogP contribution in [0.5, 0.6) is 0 Å². The minimum atomic E-state index is -1.18. The molecule has 4 atom stereocenters. The molecule has 0 spiro atoms. The van der Waals surface area contributed by atoms with E-state index in [-0.39, 0.29) is 12.2 Å². The Bertz CT molecular complexity index is 168. The van der Waals surface area contributed by atoms with Crippen molar-refractivity contribution in [3.63, 3.8) is 0 Å². The van der Waals surface area contributed by atoms with Gasteiger partial charge in [-0.05, 0) is 0 Å². The Labute approximate surface area is 64.5 Å². The van der Waals surface area contributed by atoms with E-state index in [0.29, 0.717) is 0 Å². The summed E-state index contributed by atoms with van der Waals surface area (Å²) in [5.74, 6) is -0.760. The third kappa shape index (κ3) is 1.42. The van der Waals surface area contributed by atoms with Gasteiger partial charge in [0, 0.05) is 12.3 Å². The van der Waals surface area contributed by atoms with Gasteiger partial charge in [-0.15, -0.1) is 0 Å². The largest absolute Gasteiger partial charge is 0.390 e. The molecule has 0 radical (unpaired) electrons. The smallest absolute Gasteiger partial charge is 0.141 e. The minimum Gasteiger partial charge on any atom is -0.390 e. The lowest BCUT2D eigenvalue weighted by Crippen LogP contribution is -2.49. The molecule has 4 heteroatoms. The lowest BCUT2D eigenvalue weighted by atomic mass is 9.83. The van der Waals surface area contributed by atoms with Crippen molar-refractivity contribution in [2.75, 3.05) is 0 Å². The van der Waals surface area contributed by atoms with E-state index >= 15 is 0 Å². The van der Waals surface area contributed by atoms with Crippen LogP contribution in [0.4, 0.5) is 0 Å². The summed E-state index contributed by atoms with van der Waals surface area (Å²) in [7, 11) is 0. The average Bonchev–Trinajstić information content (AvgIpc) is 1.97. The Kier molecular flexibility index (Phi) is 2.27. The standard InChI is InChI=1S/C7H12O4/c1-3-4(8)2-5(9)7(11)6(3)10/h3,5-7,9-11H,2H2,1H3. The summed E-state index contributed by atoms with van der Waals surface area (Å²) in [6.45, 7) is 1.54. The molecule has 0 aromatic carbocycles. The lowest BCUT2D eigenvalue weighted by Gasteiger charge is -2.31. The summed E-state index contributed by atoms with van der Waals surface area (Å²) >= 11 is 0. The van der Waals surface area contributed by atoms with Crippen LogP contribution in [0.25, 0.3) is 0 Å². The van der Waals surface area contributed by atoms with Crippen LogP contribution < -0.4 is 0 Å². The molecule has 0 aromatic rings. The number of hydrogen-bond donors (Lipinski definition) is 3. The van der Waals surface area contributed by atoms with E-state index in [9.17, 15) is 4.79 Å². The van der Waals surface area contributed by atoms with Crippen LogP contribution in [0.2, 0.25) is 0 Å². The van der Waals surface area contributed by atoms with E-state index in [1.54, 1.807) is 6.92 Å². The number of ketones is 1. The molecule has 0 aliphatic heterocycles. The third-order valence-electron chi connectivity index (χ3n) is 2.17. The predicted octanol–water partition coefficient (Wildman–Crippen LogP) is -1.32. The Morgan fingerprint density at radius 2 is 1.82 bits per heavy atom. The molecule has 3 N–H and O–H groups in total. The fraction of sp³-hybridized carbons (Fsp3) is 0.857. The number of carbonyl (C=O) groups excluding carboxylic acids is 1. The van der Waals surface area contributed by atoms with Crippen molar-refractivity contribution in [2.45, 2.75) is 31.7 Å². The Balaban J connectivity index is 2.70. The summed E-state index contributed by atoms with van der Waals surface area (Å²) < 4.78 is 0. The van der Waals surface area contributed by atoms with Gasteiger partial charge in [0.2, 0.25) is 0 Å². The molecule has 0 saturated heterocycles. The maximum Gasteiger partial charge on any atom is 0.141 e. The molecule has 1 aliphatic carbocycles. The van der Waals surface area contributed by atoms with Crippen molar-refractivity contribution in [3.05, 3.63) is 0 Å². The molecule has 4 unspecified atom stereocenters. The molecule has 64 valence electrons. The molecule has 1 aliphatic rings. The van der Waals surface area contributed by atoms with E-state index in [0.717, 1.165) is 0 Å². The molecule has 0 bridgehead atoms. The van der Waals surface area contributed by atoms with Crippen LogP contribution in [0, 0.1) is 5.92 Å². The first-order valence-corrected chi connectivity index (χ1v) is 3.61. The predicted molar refractivity (Wildman–Crippen MR) is 36.8 cm³/mol. The van der Waals surface area contributed by atoms with Crippen molar-refractivity contribution in [1.82, 2.24) is 0 Å². The van der Waals surface area contributed by atoms with Gasteiger partial charge in [-0.1, -0.05) is 6.92 Å². The van der Waals surface area contributed by atoms with Crippen molar-refractivity contribution in [3.8, 4) is 0 Å². The second kappa shape index (κ2) is 2.89. The fourth-order valence-corrected chi connectivity index (χ4v) is 1.23. The first-order valence-electron chi connectivity index (χ1n) is 3.61. The second-order valence-corrected chi connectivity index (χ2v) is 3.01. The van der Waals surface area contributed by atoms with Crippen LogP contribution in [0.1, 0.15) is 13.3 Å². The van der Waals surface area contributed by atoms with E-state index in [4.69, 9.17) is 15.3 Å². The van der Waals surface area contributed by atoms with E-state index < -0.39 is 24.2 Å². The molecular formula is C7H12O4.